The van der Waals surface area contributed by atoms with Crippen LogP contribution in [0.25, 0.3) is 22.2 Å². The van der Waals surface area contributed by atoms with Crippen molar-refractivity contribution in [3.05, 3.63) is 42.9 Å². The van der Waals surface area contributed by atoms with Gasteiger partial charge in [-0.15, -0.1) is 0 Å². The first-order chi connectivity index (χ1) is 11.2. The van der Waals surface area contributed by atoms with Crippen LogP contribution >= 0.6 is 0 Å². The summed E-state index contributed by atoms with van der Waals surface area (Å²) in [5, 5.41) is 10.9. The standard InChI is InChI=1S/C18H20N4O/c19-17-16-15(12-5-2-1-3-6-12)10-22(18(16)21-11-20-17)13-7-4-8-14(23)9-13/h1-3,5-6,10-11,13-14,23H,4,7-9H2,(H2,19,20,21). The third-order valence-electron chi connectivity index (χ3n) is 4.74. The normalized spacial score (nSPS) is 21.6. The Kier molecular flexibility index (Phi) is 3.50. The van der Waals surface area contributed by atoms with E-state index >= 15 is 0 Å². The molecule has 0 radical (unpaired) electrons. The number of aliphatic hydroxyl groups excluding tert-OH is 1. The Balaban J connectivity index is 1.91. The van der Waals surface area contributed by atoms with Crippen molar-refractivity contribution in [3.63, 3.8) is 0 Å². The predicted octanol–water partition coefficient (Wildman–Crippen LogP) is 3.16. The van der Waals surface area contributed by atoms with Gasteiger partial charge in [-0.1, -0.05) is 30.3 Å². The van der Waals surface area contributed by atoms with E-state index in [4.69, 9.17) is 5.73 Å². The van der Waals surface area contributed by atoms with Crippen molar-refractivity contribution < 1.29 is 5.11 Å². The maximum absolute atomic E-state index is 10.0. The van der Waals surface area contributed by atoms with Crippen LogP contribution in [-0.2, 0) is 0 Å². The second-order valence-electron chi connectivity index (χ2n) is 6.25. The van der Waals surface area contributed by atoms with Crippen molar-refractivity contribution in [3.8, 4) is 11.1 Å². The molecule has 0 saturated heterocycles. The highest BCUT2D eigenvalue weighted by atomic mass is 16.3. The lowest BCUT2D eigenvalue weighted by Crippen LogP contribution is -2.22. The van der Waals surface area contributed by atoms with Crippen molar-refractivity contribution >= 4 is 16.9 Å². The first kappa shape index (κ1) is 14.2. The van der Waals surface area contributed by atoms with E-state index in [1.165, 1.54) is 6.33 Å². The van der Waals surface area contributed by atoms with Crippen LogP contribution in [-0.4, -0.2) is 25.7 Å². The Morgan fingerprint density at radius 2 is 1.96 bits per heavy atom. The van der Waals surface area contributed by atoms with Gasteiger partial charge in [0, 0.05) is 17.8 Å². The molecule has 2 aromatic heterocycles. The zero-order chi connectivity index (χ0) is 15.8. The average Bonchev–Trinajstić information content (AvgIpc) is 2.97. The Labute approximate surface area is 134 Å². The number of benzene rings is 1. The summed E-state index contributed by atoms with van der Waals surface area (Å²) in [6.45, 7) is 0. The van der Waals surface area contributed by atoms with Crippen molar-refractivity contribution in [2.75, 3.05) is 5.73 Å². The molecule has 2 unspecified atom stereocenters. The molecule has 1 fully saturated rings. The van der Waals surface area contributed by atoms with Gasteiger partial charge in [-0.2, -0.15) is 0 Å². The van der Waals surface area contributed by atoms with Crippen LogP contribution in [0, 0.1) is 0 Å². The highest BCUT2D eigenvalue weighted by molar-refractivity contribution is 6.00. The topological polar surface area (TPSA) is 77.0 Å². The van der Waals surface area contributed by atoms with Crippen LogP contribution in [0.5, 0.6) is 0 Å². The monoisotopic (exact) mass is 308 g/mol. The predicted molar refractivity (Wildman–Crippen MR) is 90.9 cm³/mol. The molecule has 0 bridgehead atoms. The molecule has 2 heterocycles. The fourth-order valence-corrected chi connectivity index (χ4v) is 3.61. The van der Waals surface area contributed by atoms with Crippen molar-refractivity contribution in [2.45, 2.75) is 37.8 Å². The number of aromatic nitrogens is 3. The zero-order valence-corrected chi connectivity index (χ0v) is 12.9. The molecule has 5 nitrogen and oxygen atoms in total. The van der Waals surface area contributed by atoms with Gasteiger partial charge in [0.25, 0.3) is 0 Å². The number of hydrogen-bond acceptors (Lipinski definition) is 4. The van der Waals surface area contributed by atoms with Crippen LogP contribution in [0.3, 0.4) is 0 Å². The third-order valence-corrected chi connectivity index (χ3v) is 4.74. The molecule has 23 heavy (non-hydrogen) atoms. The number of rotatable bonds is 2. The molecule has 1 aliphatic rings. The molecule has 118 valence electrons. The molecule has 4 rings (SSSR count). The molecular formula is C18H20N4O. The zero-order valence-electron chi connectivity index (χ0n) is 12.9. The van der Waals surface area contributed by atoms with Crippen LogP contribution < -0.4 is 5.73 Å². The highest BCUT2D eigenvalue weighted by Gasteiger charge is 2.25. The molecule has 1 aromatic carbocycles. The molecule has 0 aliphatic heterocycles. The third kappa shape index (κ3) is 2.47. The molecule has 0 spiro atoms. The first-order valence-electron chi connectivity index (χ1n) is 8.08. The lowest BCUT2D eigenvalue weighted by Gasteiger charge is -2.27. The van der Waals surface area contributed by atoms with Crippen molar-refractivity contribution in [2.24, 2.45) is 0 Å². The molecule has 1 saturated carbocycles. The minimum absolute atomic E-state index is 0.231. The minimum atomic E-state index is -0.231. The number of fused-ring (bicyclic) bond motifs is 1. The number of nitrogen functional groups attached to an aromatic ring is 1. The SMILES string of the molecule is Nc1ncnc2c1c(-c1ccccc1)cn2C1CCCC(O)C1. The minimum Gasteiger partial charge on any atom is -0.393 e. The van der Waals surface area contributed by atoms with Gasteiger partial charge in [0.1, 0.15) is 17.8 Å². The molecule has 3 N–H and O–H groups in total. The summed E-state index contributed by atoms with van der Waals surface area (Å²) in [6.07, 6.45) is 7.15. The molecular weight excluding hydrogens is 288 g/mol. The van der Waals surface area contributed by atoms with E-state index in [0.29, 0.717) is 5.82 Å². The Bertz CT molecular complexity index is 828. The van der Waals surface area contributed by atoms with E-state index in [1.807, 2.05) is 18.2 Å². The maximum atomic E-state index is 10.0. The molecule has 0 amide bonds. The van der Waals surface area contributed by atoms with E-state index in [9.17, 15) is 5.11 Å². The Hall–Kier alpha value is -2.40. The summed E-state index contributed by atoms with van der Waals surface area (Å²) >= 11 is 0. The largest absolute Gasteiger partial charge is 0.393 e. The maximum Gasteiger partial charge on any atom is 0.146 e. The van der Waals surface area contributed by atoms with Gasteiger partial charge in [0.15, 0.2) is 0 Å². The van der Waals surface area contributed by atoms with Crippen molar-refractivity contribution in [1.82, 2.24) is 14.5 Å². The molecule has 3 aromatic rings. The summed E-state index contributed by atoms with van der Waals surface area (Å²) in [7, 11) is 0. The van der Waals surface area contributed by atoms with Crippen LogP contribution in [0.15, 0.2) is 42.9 Å². The summed E-state index contributed by atoms with van der Waals surface area (Å²) in [4.78, 5) is 8.65. The van der Waals surface area contributed by atoms with Gasteiger partial charge in [0.2, 0.25) is 0 Å². The van der Waals surface area contributed by atoms with Gasteiger partial charge in [-0.3, -0.25) is 0 Å². The van der Waals surface area contributed by atoms with E-state index in [-0.39, 0.29) is 12.1 Å². The van der Waals surface area contributed by atoms with Gasteiger partial charge in [-0.25, -0.2) is 9.97 Å². The fraction of sp³-hybridized carbons (Fsp3) is 0.333. The van der Waals surface area contributed by atoms with E-state index < -0.39 is 0 Å². The van der Waals surface area contributed by atoms with E-state index in [2.05, 4.69) is 32.9 Å². The Morgan fingerprint density at radius 3 is 2.74 bits per heavy atom. The Morgan fingerprint density at radius 1 is 1.13 bits per heavy atom. The number of nitrogens with two attached hydrogens (primary N) is 1. The number of anilines is 1. The van der Waals surface area contributed by atoms with Crippen LogP contribution in [0.2, 0.25) is 0 Å². The quantitative estimate of drug-likeness (QED) is 0.762. The summed E-state index contributed by atoms with van der Waals surface area (Å²) in [5.41, 5.74) is 9.17. The summed E-state index contributed by atoms with van der Waals surface area (Å²) in [5.74, 6) is 0.504. The molecule has 1 aliphatic carbocycles. The first-order valence-corrected chi connectivity index (χ1v) is 8.08. The van der Waals surface area contributed by atoms with Gasteiger partial charge >= 0.3 is 0 Å². The number of aliphatic hydroxyl groups is 1. The summed E-state index contributed by atoms with van der Waals surface area (Å²) in [6, 6.07) is 10.4. The van der Waals surface area contributed by atoms with Crippen molar-refractivity contribution in [1.29, 1.82) is 0 Å². The van der Waals surface area contributed by atoms with Gasteiger partial charge < -0.3 is 15.4 Å². The second kappa shape index (κ2) is 5.66. The molecule has 5 heteroatoms. The van der Waals surface area contributed by atoms with E-state index in [1.54, 1.807) is 0 Å². The van der Waals surface area contributed by atoms with E-state index in [0.717, 1.165) is 47.8 Å². The lowest BCUT2D eigenvalue weighted by atomic mass is 9.93. The summed E-state index contributed by atoms with van der Waals surface area (Å²) < 4.78 is 2.18. The number of nitrogens with zero attached hydrogens (tertiary/aromatic N) is 3. The lowest BCUT2D eigenvalue weighted by molar-refractivity contribution is 0.105. The van der Waals surface area contributed by atoms with Gasteiger partial charge in [0.05, 0.1) is 11.5 Å². The van der Waals surface area contributed by atoms with Crippen LogP contribution in [0.4, 0.5) is 5.82 Å². The van der Waals surface area contributed by atoms with Gasteiger partial charge in [-0.05, 0) is 31.2 Å². The number of hydrogen-bond donors (Lipinski definition) is 2. The van der Waals surface area contributed by atoms with Crippen LogP contribution in [0.1, 0.15) is 31.7 Å². The fourth-order valence-electron chi connectivity index (χ4n) is 3.61. The second-order valence-corrected chi connectivity index (χ2v) is 6.25. The highest BCUT2D eigenvalue weighted by Crippen LogP contribution is 2.37. The average molecular weight is 308 g/mol. The molecule has 2 atom stereocenters. The smallest absolute Gasteiger partial charge is 0.146 e.